The third kappa shape index (κ3) is 7.45. The Balaban J connectivity index is 4.20. The minimum absolute atomic E-state index is 0.302. The Hall–Kier alpha value is -0.840. The van der Waals surface area contributed by atoms with Gasteiger partial charge in [-0.1, -0.05) is 9.49 Å². The van der Waals surface area contributed by atoms with Crippen LogP contribution < -0.4 is 0 Å². The maximum Gasteiger partial charge on any atom is 0.381 e. The third-order valence-electron chi connectivity index (χ3n) is 1.20. The summed E-state index contributed by atoms with van der Waals surface area (Å²) in [5.41, 5.74) is 0.606. The summed E-state index contributed by atoms with van der Waals surface area (Å²) < 4.78 is 34.0. The van der Waals surface area contributed by atoms with Gasteiger partial charge in [0, 0.05) is 6.26 Å². The van der Waals surface area contributed by atoms with E-state index in [1.807, 2.05) is 0 Å². The smallest absolute Gasteiger partial charge is 0.265 e. The Morgan fingerprint density at radius 2 is 1.69 bits per heavy atom. The van der Waals surface area contributed by atoms with Crippen LogP contribution in [-0.2, 0) is 40.2 Å². The maximum atomic E-state index is 10.7. The zero-order valence-electron chi connectivity index (χ0n) is 9.16. The van der Waals surface area contributed by atoms with Gasteiger partial charge < -0.3 is 0 Å². The fourth-order valence-corrected chi connectivity index (χ4v) is 0.712. The second kappa shape index (κ2) is 8.33. The maximum absolute atomic E-state index is 10.7. The van der Waals surface area contributed by atoms with Crippen molar-refractivity contribution in [1.29, 1.82) is 0 Å². The second-order valence-corrected chi connectivity index (χ2v) is 4.17. The zero-order valence-corrected chi connectivity index (χ0v) is 10.8. The SMILES string of the molecule is COS(=O)O/N=C(C)/C(C)=N\OOS(C)=O. The first-order valence-corrected chi connectivity index (χ1v) is 6.36. The van der Waals surface area contributed by atoms with Crippen molar-refractivity contribution in [3.63, 3.8) is 0 Å². The largest absolute Gasteiger partial charge is 0.381 e. The highest BCUT2D eigenvalue weighted by molar-refractivity contribution is 7.79. The molecule has 0 N–H and O–H groups in total. The van der Waals surface area contributed by atoms with Crippen molar-refractivity contribution in [1.82, 2.24) is 0 Å². The highest BCUT2D eigenvalue weighted by atomic mass is 32.2. The normalized spacial score (nSPS) is 16.8. The standard InChI is InChI=1S/C6H12N2O6S2/c1-5(7-12-14-15(4)9)6(2)8-13-16(10)11-3/h1-4H3/b7-5-,8-6+. The summed E-state index contributed by atoms with van der Waals surface area (Å²) >= 11 is -3.52. The van der Waals surface area contributed by atoms with Crippen LogP contribution in [0.25, 0.3) is 0 Å². The molecule has 0 amide bonds. The number of hydrogen-bond acceptors (Lipinski definition) is 8. The van der Waals surface area contributed by atoms with Crippen LogP contribution in [0.15, 0.2) is 10.3 Å². The summed E-state index contributed by atoms with van der Waals surface area (Å²) in [6.07, 6.45) is 1.27. The van der Waals surface area contributed by atoms with Crippen LogP contribution in [0.3, 0.4) is 0 Å². The van der Waals surface area contributed by atoms with Crippen molar-refractivity contribution in [2.24, 2.45) is 10.3 Å². The molecule has 0 spiro atoms. The summed E-state index contributed by atoms with van der Waals surface area (Å²) in [5.74, 6) is 0. The quantitative estimate of drug-likeness (QED) is 0.374. The summed E-state index contributed by atoms with van der Waals surface area (Å²) in [4.78, 5) is 4.26. The molecule has 0 rings (SSSR count). The highest BCUT2D eigenvalue weighted by Gasteiger charge is 2.02. The minimum Gasteiger partial charge on any atom is -0.265 e. The van der Waals surface area contributed by atoms with Crippen molar-refractivity contribution >= 4 is 33.9 Å². The van der Waals surface area contributed by atoms with Crippen LogP contribution in [0.2, 0.25) is 0 Å². The van der Waals surface area contributed by atoms with Gasteiger partial charge in [0.1, 0.15) is 11.4 Å². The van der Waals surface area contributed by atoms with Crippen LogP contribution in [0, 0.1) is 0 Å². The average molecular weight is 272 g/mol. The van der Waals surface area contributed by atoms with Gasteiger partial charge in [0.05, 0.1) is 7.11 Å². The number of nitrogens with zero attached hydrogens (tertiary/aromatic N) is 2. The fraction of sp³-hybridized carbons (Fsp3) is 0.667. The van der Waals surface area contributed by atoms with Crippen molar-refractivity contribution in [3.8, 4) is 0 Å². The van der Waals surface area contributed by atoms with Gasteiger partial charge in [-0.05, 0) is 19.0 Å². The Labute approximate surface area is 98.0 Å². The minimum atomic E-state index is -1.94. The molecule has 16 heavy (non-hydrogen) atoms. The molecule has 0 aromatic carbocycles. The van der Waals surface area contributed by atoms with Gasteiger partial charge in [0.15, 0.2) is 11.1 Å². The van der Waals surface area contributed by atoms with Crippen molar-refractivity contribution < 1.29 is 26.2 Å². The predicted octanol–water partition coefficient (Wildman–Crippen LogP) is 0.222. The van der Waals surface area contributed by atoms with Crippen LogP contribution in [-0.4, -0.2) is 33.2 Å². The van der Waals surface area contributed by atoms with E-state index >= 15 is 0 Å². The van der Waals surface area contributed by atoms with E-state index in [-0.39, 0.29) is 0 Å². The molecule has 0 saturated heterocycles. The fourth-order valence-electron chi connectivity index (χ4n) is 0.363. The molecule has 94 valence electrons. The van der Waals surface area contributed by atoms with Crippen molar-refractivity contribution in [2.75, 3.05) is 13.4 Å². The first-order valence-electron chi connectivity index (χ1n) is 3.88. The molecule has 0 saturated carbocycles. The number of rotatable bonds is 7. The van der Waals surface area contributed by atoms with Gasteiger partial charge >= 0.3 is 11.4 Å². The molecule has 0 aromatic rings. The monoisotopic (exact) mass is 272 g/mol. The molecule has 0 bridgehead atoms. The van der Waals surface area contributed by atoms with Crippen molar-refractivity contribution in [3.05, 3.63) is 0 Å². The van der Waals surface area contributed by atoms with Gasteiger partial charge in [-0.25, -0.2) is 9.20 Å². The molecular formula is C6H12N2O6S2. The summed E-state index contributed by atoms with van der Waals surface area (Å²) in [6, 6.07) is 0. The van der Waals surface area contributed by atoms with Gasteiger partial charge in [0.25, 0.3) is 0 Å². The van der Waals surface area contributed by atoms with Gasteiger partial charge in [0.2, 0.25) is 0 Å². The van der Waals surface area contributed by atoms with E-state index < -0.39 is 22.4 Å². The molecule has 0 aliphatic rings. The van der Waals surface area contributed by atoms with Crippen LogP contribution in [0.5, 0.6) is 0 Å². The van der Waals surface area contributed by atoms with Crippen LogP contribution in [0.4, 0.5) is 0 Å². The van der Waals surface area contributed by atoms with Gasteiger partial charge in [-0.15, -0.1) is 0 Å². The third-order valence-corrected chi connectivity index (χ3v) is 1.92. The lowest BCUT2D eigenvalue weighted by Gasteiger charge is -1.98. The topological polar surface area (TPSA) is 95.8 Å². The molecule has 0 fully saturated rings. The van der Waals surface area contributed by atoms with Crippen LogP contribution in [0.1, 0.15) is 13.8 Å². The van der Waals surface area contributed by atoms with E-state index in [4.69, 9.17) is 0 Å². The average Bonchev–Trinajstić information content (AvgIpc) is 2.24. The summed E-state index contributed by atoms with van der Waals surface area (Å²) in [7, 11) is 1.20. The van der Waals surface area contributed by atoms with E-state index in [1.54, 1.807) is 6.92 Å². The number of oxime groups is 2. The Morgan fingerprint density at radius 1 is 1.12 bits per heavy atom. The first-order chi connectivity index (χ1) is 7.47. The van der Waals surface area contributed by atoms with E-state index in [0.717, 1.165) is 0 Å². The Bertz CT molecular complexity index is 329. The Morgan fingerprint density at radius 3 is 2.19 bits per heavy atom. The molecule has 0 aliphatic carbocycles. The molecule has 8 nitrogen and oxygen atoms in total. The van der Waals surface area contributed by atoms with Crippen LogP contribution >= 0.6 is 0 Å². The molecule has 0 radical (unpaired) electrons. The van der Waals surface area contributed by atoms with E-state index in [2.05, 4.69) is 28.1 Å². The first kappa shape index (κ1) is 15.2. The molecule has 10 heteroatoms. The molecule has 2 atom stereocenters. The van der Waals surface area contributed by atoms with Crippen molar-refractivity contribution in [2.45, 2.75) is 13.8 Å². The lowest BCUT2D eigenvalue weighted by atomic mass is 10.3. The highest BCUT2D eigenvalue weighted by Crippen LogP contribution is 1.93. The van der Waals surface area contributed by atoms with E-state index in [0.29, 0.717) is 11.4 Å². The lowest BCUT2D eigenvalue weighted by Crippen LogP contribution is -2.08. The zero-order chi connectivity index (χ0) is 12.6. The van der Waals surface area contributed by atoms with E-state index in [1.165, 1.54) is 20.3 Å². The Kier molecular flexibility index (Phi) is 7.89. The van der Waals surface area contributed by atoms with E-state index in [9.17, 15) is 8.42 Å². The molecular weight excluding hydrogens is 260 g/mol. The van der Waals surface area contributed by atoms with Gasteiger partial charge in [-0.3, -0.25) is 8.47 Å². The second-order valence-electron chi connectivity index (χ2n) is 2.34. The molecule has 2 unspecified atom stereocenters. The van der Waals surface area contributed by atoms with Gasteiger partial charge in [-0.2, -0.15) is 4.21 Å². The molecule has 0 aliphatic heterocycles. The lowest BCUT2D eigenvalue weighted by molar-refractivity contribution is -0.195. The number of hydrogen-bond donors (Lipinski definition) is 0. The predicted molar refractivity (Wildman–Crippen MR) is 58.7 cm³/mol. The molecule has 0 aromatic heterocycles. The molecule has 0 heterocycles. The summed E-state index contributed by atoms with van der Waals surface area (Å²) in [5, 5.41) is 6.86. The summed E-state index contributed by atoms with van der Waals surface area (Å²) in [6.45, 7) is 3.08.